The van der Waals surface area contributed by atoms with Crippen molar-refractivity contribution < 1.29 is 0 Å². The van der Waals surface area contributed by atoms with E-state index in [9.17, 15) is 0 Å². The standard InChI is InChI=1S/C12H24N2/c1-4-11(3)14(5-2)10-12-7-6-8-13-9-12/h4,11-13H,1,5-10H2,2-3H3. The first-order valence-electron chi connectivity index (χ1n) is 5.85. The Hall–Kier alpha value is -0.340. The maximum Gasteiger partial charge on any atom is 0.0247 e. The van der Waals surface area contributed by atoms with Gasteiger partial charge in [-0.05, 0) is 45.3 Å². The van der Waals surface area contributed by atoms with E-state index in [0.29, 0.717) is 6.04 Å². The van der Waals surface area contributed by atoms with E-state index in [1.807, 2.05) is 6.08 Å². The van der Waals surface area contributed by atoms with E-state index in [2.05, 4.69) is 30.6 Å². The second-order valence-corrected chi connectivity index (χ2v) is 4.28. The number of nitrogens with zero attached hydrogens (tertiary/aromatic N) is 1. The number of hydrogen-bond donors (Lipinski definition) is 1. The molecule has 0 saturated carbocycles. The molecule has 2 unspecified atom stereocenters. The molecule has 1 aliphatic rings. The van der Waals surface area contributed by atoms with Gasteiger partial charge in [-0.15, -0.1) is 6.58 Å². The van der Waals surface area contributed by atoms with Gasteiger partial charge < -0.3 is 5.32 Å². The van der Waals surface area contributed by atoms with E-state index in [1.165, 1.54) is 32.5 Å². The van der Waals surface area contributed by atoms with Gasteiger partial charge in [-0.3, -0.25) is 4.90 Å². The van der Waals surface area contributed by atoms with Gasteiger partial charge in [0.15, 0.2) is 0 Å². The number of piperidine rings is 1. The minimum absolute atomic E-state index is 0.516. The van der Waals surface area contributed by atoms with Gasteiger partial charge >= 0.3 is 0 Å². The van der Waals surface area contributed by atoms with E-state index in [-0.39, 0.29) is 0 Å². The molecular formula is C12H24N2. The predicted molar refractivity (Wildman–Crippen MR) is 62.5 cm³/mol. The molecule has 1 fully saturated rings. The normalized spacial score (nSPS) is 24.9. The lowest BCUT2D eigenvalue weighted by Crippen LogP contribution is -2.41. The van der Waals surface area contributed by atoms with Crippen LogP contribution in [0.25, 0.3) is 0 Å². The zero-order valence-electron chi connectivity index (χ0n) is 9.63. The summed E-state index contributed by atoms with van der Waals surface area (Å²) >= 11 is 0. The minimum Gasteiger partial charge on any atom is -0.316 e. The zero-order valence-corrected chi connectivity index (χ0v) is 9.63. The van der Waals surface area contributed by atoms with Crippen LogP contribution < -0.4 is 5.32 Å². The van der Waals surface area contributed by atoms with Gasteiger partial charge in [-0.1, -0.05) is 13.0 Å². The molecule has 82 valence electrons. The highest BCUT2D eigenvalue weighted by Gasteiger charge is 2.17. The molecule has 0 bridgehead atoms. The van der Waals surface area contributed by atoms with Crippen molar-refractivity contribution in [3.8, 4) is 0 Å². The molecule has 2 nitrogen and oxygen atoms in total. The maximum atomic E-state index is 3.87. The summed E-state index contributed by atoms with van der Waals surface area (Å²) in [5.74, 6) is 0.839. The lowest BCUT2D eigenvalue weighted by Gasteiger charge is -2.32. The average molecular weight is 196 g/mol. The number of hydrogen-bond acceptors (Lipinski definition) is 2. The van der Waals surface area contributed by atoms with E-state index >= 15 is 0 Å². The predicted octanol–water partition coefficient (Wildman–Crippen LogP) is 1.88. The topological polar surface area (TPSA) is 15.3 Å². The Morgan fingerprint density at radius 2 is 2.43 bits per heavy atom. The summed E-state index contributed by atoms with van der Waals surface area (Å²) < 4.78 is 0. The molecule has 2 atom stereocenters. The van der Waals surface area contributed by atoms with Crippen LogP contribution in [0.3, 0.4) is 0 Å². The van der Waals surface area contributed by atoms with Crippen LogP contribution in [0.2, 0.25) is 0 Å². The molecule has 0 amide bonds. The highest BCUT2D eigenvalue weighted by Crippen LogP contribution is 2.13. The summed E-state index contributed by atoms with van der Waals surface area (Å²) in [5, 5.41) is 3.47. The highest BCUT2D eigenvalue weighted by atomic mass is 15.1. The van der Waals surface area contributed by atoms with Crippen molar-refractivity contribution in [2.75, 3.05) is 26.2 Å². The van der Waals surface area contributed by atoms with Gasteiger partial charge in [0.1, 0.15) is 0 Å². The molecule has 2 heteroatoms. The summed E-state index contributed by atoms with van der Waals surface area (Å²) in [6.45, 7) is 13.1. The molecule has 0 aliphatic carbocycles. The Morgan fingerprint density at radius 3 is 2.93 bits per heavy atom. The minimum atomic E-state index is 0.516. The van der Waals surface area contributed by atoms with Crippen molar-refractivity contribution in [2.24, 2.45) is 5.92 Å². The Bertz CT molecular complexity index is 162. The van der Waals surface area contributed by atoms with Crippen LogP contribution in [0.1, 0.15) is 26.7 Å². The molecule has 1 aliphatic heterocycles. The van der Waals surface area contributed by atoms with Crippen molar-refractivity contribution in [1.29, 1.82) is 0 Å². The first-order valence-corrected chi connectivity index (χ1v) is 5.85. The van der Waals surface area contributed by atoms with Crippen LogP contribution in [0, 0.1) is 5.92 Å². The molecule has 0 aromatic rings. The lowest BCUT2D eigenvalue weighted by atomic mass is 9.98. The quantitative estimate of drug-likeness (QED) is 0.675. The third-order valence-electron chi connectivity index (χ3n) is 3.21. The van der Waals surface area contributed by atoms with Crippen molar-refractivity contribution in [1.82, 2.24) is 10.2 Å². The number of nitrogens with one attached hydrogen (secondary N) is 1. The van der Waals surface area contributed by atoms with Crippen LogP contribution in [-0.2, 0) is 0 Å². The fraction of sp³-hybridized carbons (Fsp3) is 0.833. The van der Waals surface area contributed by atoms with Crippen LogP contribution in [0.4, 0.5) is 0 Å². The molecule has 0 aromatic carbocycles. The van der Waals surface area contributed by atoms with Crippen molar-refractivity contribution in [2.45, 2.75) is 32.7 Å². The lowest BCUT2D eigenvalue weighted by molar-refractivity contribution is 0.193. The third-order valence-corrected chi connectivity index (χ3v) is 3.21. The van der Waals surface area contributed by atoms with Crippen LogP contribution in [0.15, 0.2) is 12.7 Å². The number of rotatable bonds is 5. The highest BCUT2D eigenvalue weighted by molar-refractivity contribution is 4.85. The second-order valence-electron chi connectivity index (χ2n) is 4.28. The molecule has 1 heterocycles. The van der Waals surface area contributed by atoms with Gasteiger partial charge in [-0.25, -0.2) is 0 Å². The van der Waals surface area contributed by atoms with Crippen molar-refractivity contribution >= 4 is 0 Å². The van der Waals surface area contributed by atoms with Gasteiger partial charge in [0.05, 0.1) is 0 Å². The molecule has 0 radical (unpaired) electrons. The summed E-state index contributed by atoms with van der Waals surface area (Å²) in [7, 11) is 0. The summed E-state index contributed by atoms with van der Waals surface area (Å²) in [5.41, 5.74) is 0. The molecule has 1 saturated heterocycles. The van der Waals surface area contributed by atoms with Gasteiger partial charge in [0.25, 0.3) is 0 Å². The van der Waals surface area contributed by atoms with E-state index in [0.717, 1.165) is 12.5 Å². The van der Waals surface area contributed by atoms with Crippen LogP contribution in [-0.4, -0.2) is 37.1 Å². The van der Waals surface area contributed by atoms with Crippen molar-refractivity contribution in [3.05, 3.63) is 12.7 Å². The zero-order chi connectivity index (χ0) is 10.4. The molecule has 1 rings (SSSR count). The Kier molecular flexibility index (Phi) is 5.20. The van der Waals surface area contributed by atoms with E-state index in [4.69, 9.17) is 0 Å². The fourth-order valence-corrected chi connectivity index (χ4v) is 2.14. The first-order chi connectivity index (χ1) is 6.77. The second kappa shape index (κ2) is 6.20. The van der Waals surface area contributed by atoms with Gasteiger partial charge in [0, 0.05) is 12.6 Å². The Morgan fingerprint density at radius 1 is 1.64 bits per heavy atom. The molecule has 14 heavy (non-hydrogen) atoms. The molecule has 0 spiro atoms. The van der Waals surface area contributed by atoms with Crippen LogP contribution >= 0.6 is 0 Å². The Labute approximate surface area is 88.4 Å². The smallest absolute Gasteiger partial charge is 0.0247 e. The average Bonchev–Trinajstić information content (AvgIpc) is 2.26. The summed E-state index contributed by atoms with van der Waals surface area (Å²) in [6.07, 6.45) is 4.76. The molecule has 0 aromatic heterocycles. The maximum absolute atomic E-state index is 3.87. The largest absolute Gasteiger partial charge is 0.316 e. The monoisotopic (exact) mass is 196 g/mol. The van der Waals surface area contributed by atoms with E-state index in [1.54, 1.807) is 0 Å². The van der Waals surface area contributed by atoms with E-state index < -0.39 is 0 Å². The molecular weight excluding hydrogens is 172 g/mol. The first kappa shape index (κ1) is 11.7. The van der Waals surface area contributed by atoms with Gasteiger partial charge in [0.2, 0.25) is 0 Å². The Balaban J connectivity index is 2.34. The molecule has 1 N–H and O–H groups in total. The summed E-state index contributed by atoms with van der Waals surface area (Å²) in [6, 6.07) is 0.516. The third kappa shape index (κ3) is 3.43. The van der Waals surface area contributed by atoms with Gasteiger partial charge in [-0.2, -0.15) is 0 Å². The fourth-order valence-electron chi connectivity index (χ4n) is 2.14. The van der Waals surface area contributed by atoms with Crippen molar-refractivity contribution in [3.63, 3.8) is 0 Å². The SMILES string of the molecule is C=CC(C)N(CC)CC1CCCNC1. The summed E-state index contributed by atoms with van der Waals surface area (Å²) in [4.78, 5) is 2.50. The van der Waals surface area contributed by atoms with Crippen LogP contribution in [0.5, 0.6) is 0 Å². The number of likely N-dealkylation sites (N-methyl/N-ethyl adjacent to an activating group) is 1.